The van der Waals surface area contributed by atoms with E-state index in [1.54, 1.807) is 0 Å². The molecular weight excluding hydrogens is 190 g/mol. The van der Waals surface area contributed by atoms with Crippen molar-refractivity contribution in [3.05, 3.63) is 0 Å². The van der Waals surface area contributed by atoms with Gasteiger partial charge in [-0.15, -0.1) is 18.2 Å². The molecule has 0 aromatic carbocycles. The number of hydrogen-bond acceptors (Lipinski definition) is 4. The Morgan fingerprint density at radius 2 is 2.38 bits per heavy atom. The van der Waals surface area contributed by atoms with Gasteiger partial charge in [0.2, 0.25) is 5.91 Å². The minimum absolute atomic E-state index is 0.159. The highest BCUT2D eigenvalue weighted by Gasteiger charge is 2.04. The van der Waals surface area contributed by atoms with Crippen LogP contribution < -0.4 is 5.32 Å². The summed E-state index contributed by atoms with van der Waals surface area (Å²) in [7, 11) is 0. The molecule has 0 aliphatic rings. The Balaban J connectivity index is 3.32. The molecule has 13 heavy (non-hydrogen) atoms. The smallest absolute Gasteiger partial charge is 0.230 e. The van der Waals surface area contributed by atoms with Crippen molar-refractivity contribution in [1.82, 2.24) is 5.32 Å². The van der Waals surface area contributed by atoms with Crippen molar-refractivity contribution in [3.8, 4) is 12.3 Å². The van der Waals surface area contributed by atoms with Crippen LogP contribution in [0, 0.1) is 12.3 Å². The van der Waals surface area contributed by atoms with Gasteiger partial charge in [0.1, 0.15) is 0 Å². The summed E-state index contributed by atoms with van der Waals surface area (Å²) in [5, 5.41) is 19.8. The fourth-order valence-corrected chi connectivity index (χ4v) is 1.32. The van der Waals surface area contributed by atoms with E-state index in [1.807, 2.05) is 0 Å². The number of amides is 1. The third kappa shape index (κ3) is 7.65. The summed E-state index contributed by atoms with van der Waals surface area (Å²) < 4.78 is 0. The Hall–Kier alpha value is -0.700. The normalized spacial score (nSPS) is 11.8. The van der Waals surface area contributed by atoms with E-state index >= 15 is 0 Å². The van der Waals surface area contributed by atoms with Gasteiger partial charge >= 0.3 is 0 Å². The molecule has 0 fully saturated rings. The number of terminal acetylenes is 1. The van der Waals surface area contributed by atoms with Crippen LogP contribution in [0.15, 0.2) is 0 Å². The number of thioether (sulfide) groups is 1. The van der Waals surface area contributed by atoms with Gasteiger partial charge in [-0.1, -0.05) is 5.92 Å². The molecule has 3 N–H and O–H groups in total. The Labute approximate surface area is 81.7 Å². The van der Waals surface area contributed by atoms with Crippen LogP contribution in [0.5, 0.6) is 0 Å². The molecule has 0 spiro atoms. The molecule has 0 aromatic heterocycles. The van der Waals surface area contributed by atoms with Crippen molar-refractivity contribution in [3.63, 3.8) is 0 Å². The lowest BCUT2D eigenvalue weighted by atomic mass is 10.4. The molecule has 0 aliphatic heterocycles. The lowest BCUT2D eigenvalue weighted by Gasteiger charge is -2.05. The van der Waals surface area contributed by atoms with E-state index in [0.29, 0.717) is 5.75 Å². The second-order valence-electron chi connectivity index (χ2n) is 2.33. The zero-order valence-electron chi connectivity index (χ0n) is 7.19. The highest BCUT2D eigenvalue weighted by atomic mass is 32.2. The fraction of sp³-hybridized carbons (Fsp3) is 0.625. The van der Waals surface area contributed by atoms with Gasteiger partial charge in [-0.3, -0.25) is 4.79 Å². The Morgan fingerprint density at radius 1 is 1.69 bits per heavy atom. The van der Waals surface area contributed by atoms with Crippen LogP contribution in [0.25, 0.3) is 0 Å². The predicted octanol–water partition coefficient (Wildman–Crippen LogP) is -1.18. The van der Waals surface area contributed by atoms with E-state index in [1.165, 1.54) is 11.8 Å². The first-order chi connectivity index (χ1) is 6.20. The van der Waals surface area contributed by atoms with E-state index in [4.69, 9.17) is 16.6 Å². The van der Waals surface area contributed by atoms with Gasteiger partial charge in [0, 0.05) is 5.75 Å². The monoisotopic (exact) mass is 203 g/mol. The van der Waals surface area contributed by atoms with E-state index < -0.39 is 6.10 Å². The van der Waals surface area contributed by atoms with Gasteiger partial charge in [0.05, 0.1) is 25.0 Å². The largest absolute Gasteiger partial charge is 0.394 e. The fourth-order valence-electron chi connectivity index (χ4n) is 0.541. The van der Waals surface area contributed by atoms with Gasteiger partial charge in [0.15, 0.2) is 0 Å². The number of rotatable bonds is 6. The van der Waals surface area contributed by atoms with Crippen molar-refractivity contribution in [2.24, 2.45) is 0 Å². The molecule has 0 aliphatic carbocycles. The highest BCUT2D eigenvalue weighted by Crippen LogP contribution is 2.01. The third-order valence-corrected chi connectivity index (χ3v) is 2.23. The number of carbonyl (C=O) groups excluding carboxylic acids is 1. The number of nitrogens with one attached hydrogen (secondary N) is 1. The van der Waals surface area contributed by atoms with Gasteiger partial charge in [-0.2, -0.15) is 0 Å². The van der Waals surface area contributed by atoms with Crippen LogP contribution in [0.1, 0.15) is 0 Å². The molecule has 4 nitrogen and oxygen atoms in total. The summed E-state index contributed by atoms with van der Waals surface area (Å²) in [6.45, 7) is -0.0546. The van der Waals surface area contributed by atoms with Gasteiger partial charge in [0.25, 0.3) is 0 Å². The average Bonchev–Trinajstić information content (AvgIpc) is 2.14. The van der Waals surface area contributed by atoms with Crippen molar-refractivity contribution in [2.45, 2.75) is 6.10 Å². The van der Waals surface area contributed by atoms with Crippen LogP contribution in [0.2, 0.25) is 0 Å². The van der Waals surface area contributed by atoms with E-state index in [2.05, 4.69) is 11.2 Å². The maximum absolute atomic E-state index is 10.9. The standard InChI is InChI=1S/C8H13NO3S/c1-2-3-9-8(12)6-13-5-7(11)4-10/h1,7,10-11H,3-6H2,(H,9,12). The molecule has 0 saturated heterocycles. The van der Waals surface area contributed by atoms with Crippen LogP contribution in [-0.2, 0) is 4.79 Å². The summed E-state index contributed by atoms with van der Waals surface area (Å²) in [6.07, 6.45) is 4.17. The molecule has 1 atom stereocenters. The minimum Gasteiger partial charge on any atom is -0.394 e. The summed E-state index contributed by atoms with van der Waals surface area (Å²) in [6, 6.07) is 0. The molecule has 1 unspecified atom stereocenters. The lowest BCUT2D eigenvalue weighted by molar-refractivity contribution is -0.118. The van der Waals surface area contributed by atoms with Crippen LogP contribution in [0.4, 0.5) is 0 Å². The molecule has 0 bridgehead atoms. The van der Waals surface area contributed by atoms with Crippen molar-refractivity contribution in [2.75, 3.05) is 24.7 Å². The lowest BCUT2D eigenvalue weighted by Crippen LogP contribution is -2.26. The number of carbonyl (C=O) groups is 1. The Morgan fingerprint density at radius 3 is 2.92 bits per heavy atom. The summed E-state index contributed by atoms with van der Waals surface area (Å²) in [4.78, 5) is 10.9. The summed E-state index contributed by atoms with van der Waals surface area (Å²) >= 11 is 1.25. The maximum atomic E-state index is 10.9. The van der Waals surface area contributed by atoms with Gasteiger partial charge in [-0.05, 0) is 0 Å². The molecule has 0 rings (SSSR count). The summed E-state index contributed by atoms with van der Waals surface area (Å²) in [5.41, 5.74) is 0. The molecular formula is C8H13NO3S. The number of aliphatic hydroxyl groups excluding tert-OH is 2. The van der Waals surface area contributed by atoms with Crippen molar-refractivity contribution in [1.29, 1.82) is 0 Å². The van der Waals surface area contributed by atoms with E-state index in [0.717, 1.165) is 0 Å². The molecule has 0 aromatic rings. The highest BCUT2D eigenvalue weighted by molar-refractivity contribution is 7.99. The second kappa shape index (κ2) is 7.92. The average molecular weight is 203 g/mol. The van der Waals surface area contributed by atoms with Gasteiger partial charge in [-0.25, -0.2) is 0 Å². The van der Waals surface area contributed by atoms with Crippen molar-refractivity contribution >= 4 is 17.7 Å². The zero-order valence-corrected chi connectivity index (χ0v) is 8.01. The Kier molecular flexibility index (Phi) is 7.50. The number of hydrogen-bond donors (Lipinski definition) is 3. The van der Waals surface area contributed by atoms with E-state index in [-0.39, 0.29) is 24.8 Å². The summed E-state index contributed by atoms with van der Waals surface area (Å²) in [5.74, 6) is 2.72. The van der Waals surface area contributed by atoms with E-state index in [9.17, 15) is 4.79 Å². The molecule has 0 radical (unpaired) electrons. The quantitative estimate of drug-likeness (QED) is 0.475. The first-order valence-electron chi connectivity index (χ1n) is 3.77. The molecule has 5 heteroatoms. The van der Waals surface area contributed by atoms with Crippen LogP contribution >= 0.6 is 11.8 Å². The van der Waals surface area contributed by atoms with Gasteiger partial charge < -0.3 is 15.5 Å². The minimum atomic E-state index is -0.759. The topological polar surface area (TPSA) is 69.6 Å². The third-order valence-electron chi connectivity index (χ3n) is 1.14. The predicted molar refractivity (Wildman–Crippen MR) is 52.3 cm³/mol. The Bertz CT molecular complexity index is 190. The second-order valence-corrected chi connectivity index (χ2v) is 3.36. The molecule has 0 heterocycles. The molecule has 74 valence electrons. The van der Waals surface area contributed by atoms with Crippen LogP contribution in [0.3, 0.4) is 0 Å². The molecule has 0 saturated carbocycles. The maximum Gasteiger partial charge on any atom is 0.230 e. The number of aliphatic hydroxyl groups is 2. The van der Waals surface area contributed by atoms with Crippen LogP contribution in [-0.4, -0.2) is 46.9 Å². The SMILES string of the molecule is C#CCNC(=O)CSCC(O)CO. The van der Waals surface area contributed by atoms with Crippen molar-refractivity contribution < 1.29 is 15.0 Å². The first-order valence-corrected chi connectivity index (χ1v) is 4.93. The zero-order chi connectivity index (χ0) is 10.1. The first kappa shape index (κ1) is 12.3. The molecule has 1 amide bonds.